The summed E-state index contributed by atoms with van der Waals surface area (Å²) in [5, 5.41) is 0. The second-order valence-corrected chi connectivity index (χ2v) is 6.28. The summed E-state index contributed by atoms with van der Waals surface area (Å²) in [7, 11) is 1.37. The first-order valence-corrected chi connectivity index (χ1v) is 7.17. The van der Waals surface area contributed by atoms with Crippen LogP contribution in [0.15, 0.2) is 36.5 Å². The summed E-state index contributed by atoms with van der Waals surface area (Å²) < 4.78 is 6.80. The first kappa shape index (κ1) is 14.4. The van der Waals surface area contributed by atoms with E-state index in [0.717, 1.165) is 17.0 Å². The van der Waals surface area contributed by atoms with Crippen molar-refractivity contribution in [2.75, 3.05) is 7.11 Å². The molecule has 1 aromatic carbocycles. The van der Waals surface area contributed by atoms with Gasteiger partial charge in [0.05, 0.1) is 18.5 Å². The smallest absolute Gasteiger partial charge is 0.358 e. The molecule has 0 fully saturated rings. The number of imidazole rings is 2. The molecule has 0 amide bonds. The summed E-state index contributed by atoms with van der Waals surface area (Å²) in [4.78, 5) is 19.7. The van der Waals surface area contributed by atoms with E-state index >= 15 is 0 Å². The van der Waals surface area contributed by atoms with Crippen molar-refractivity contribution in [1.82, 2.24) is 14.4 Å². The van der Waals surface area contributed by atoms with Crippen LogP contribution in [0.25, 0.3) is 17.0 Å². The Balaban J connectivity index is 2.22. The molecule has 3 rings (SSSR count). The van der Waals surface area contributed by atoms with Crippen LogP contribution in [0.3, 0.4) is 0 Å². The van der Waals surface area contributed by atoms with E-state index in [1.165, 1.54) is 7.11 Å². The molecule has 22 heavy (non-hydrogen) atoms. The molecule has 1 N–H and O–H groups in total. The number of benzene rings is 1. The van der Waals surface area contributed by atoms with E-state index in [2.05, 4.69) is 30.7 Å². The Kier molecular flexibility index (Phi) is 3.28. The minimum Gasteiger partial charge on any atom is -0.464 e. The number of esters is 1. The van der Waals surface area contributed by atoms with Gasteiger partial charge in [0.25, 0.3) is 0 Å². The van der Waals surface area contributed by atoms with Gasteiger partial charge in [0, 0.05) is 11.6 Å². The Morgan fingerprint density at radius 1 is 1.23 bits per heavy atom. The highest BCUT2D eigenvalue weighted by Gasteiger charge is 2.29. The molecule has 5 nitrogen and oxygen atoms in total. The fourth-order valence-electron chi connectivity index (χ4n) is 2.65. The molecule has 2 heterocycles. The number of hydrogen-bond acceptors (Lipinski definition) is 3. The predicted molar refractivity (Wildman–Crippen MR) is 85.0 cm³/mol. The fourth-order valence-corrected chi connectivity index (χ4v) is 2.65. The topological polar surface area (TPSA) is 59.4 Å². The van der Waals surface area contributed by atoms with E-state index in [4.69, 9.17) is 4.74 Å². The monoisotopic (exact) mass is 297 g/mol. The number of nitrogens with one attached hydrogen (secondary N) is 1. The van der Waals surface area contributed by atoms with Gasteiger partial charge >= 0.3 is 5.97 Å². The quantitative estimate of drug-likeness (QED) is 0.737. The van der Waals surface area contributed by atoms with Crippen LogP contribution in [0.5, 0.6) is 0 Å². The van der Waals surface area contributed by atoms with Crippen molar-refractivity contribution in [3.05, 3.63) is 47.9 Å². The maximum Gasteiger partial charge on any atom is 0.358 e. The lowest BCUT2D eigenvalue weighted by Crippen LogP contribution is -2.19. The molecular formula is C17H19N3O2. The van der Waals surface area contributed by atoms with Crippen LogP contribution < -0.4 is 0 Å². The van der Waals surface area contributed by atoms with Gasteiger partial charge in [-0.1, -0.05) is 51.1 Å². The molecule has 5 heteroatoms. The number of nitrogens with zero attached hydrogens (tertiary/aromatic N) is 2. The second-order valence-electron chi connectivity index (χ2n) is 6.28. The summed E-state index contributed by atoms with van der Waals surface area (Å²) in [5.41, 5.74) is 3.00. The van der Waals surface area contributed by atoms with Crippen molar-refractivity contribution in [3.63, 3.8) is 0 Å². The van der Waals surface area contributed by atoms with Gasteiger partial charge in [-0.25, -0.2) is 9.78 Å². The van der Waals surface area contributed by atoms with Crippen molar-refractivity contribution in [2.45, 2.75) is 26.2 Å². The van der Waals surface area contributed by atoms with Crippen LogP contribution in [-0.4, -0.2) is 27.4 Å². The summed E-state index contributed by atoms with van der Waals surface area (Å²) in [6, 6.07) is 10.0. The molecule has 3 aromatic rings. The number of aromatic nitrogens is 3. The Labute approximate surface area is 129 Å². The molecule has 0 spiro atoms. The Bertz CT molecular complexity index is 823. The maximum atomic E-state index is 12.0. The summed E-state index contributed by atoms with van der Waals surface area (Å²) >= 11 is 0. The second kappa shape index (κ2) is 5.02. The summed E-state index contributed by atoms with van der Waals surface area (Å²) in [6.45, 7) is 6.16. The zero-order chi connectivity index (χ0) is 15.9. The zero-order valence-electron chi connectivity index (χ0n) is 13.2. The Hall–Kier alpha value is -2.56. The van der Waals surface area contributed by atoms with Crippen LogP contribution in [-0.2, 0) is 10.2 Å². The van der Waals surface area contributed by atoms with Crippen LogP contribution in [0.4, 0.5) is 0 Å². The van der Waals surface area contributed by atoms with Crippen molar-refractivity contribution in [2.24, 2.45) is 0 Å². The number of ether oxygens (including phenoxy) is 1. The van der Waals surface area contributed by atoms with Crippen molar-refractivity contribution < 1.29 is 9.53 Å². The highest BCUT2D eigenvalue weighted by Crippen LogP contribution is 2.29. The highest BCUT2D eigenvalue weighted by molar-refractivity contribution is 5.90. The van der Waals surface area contributed by atoms with Gasteiger partial charge in [0.1, 0.15) is 0 Å². The molecule has 0 atom stereocenters. The predicted octanol–water partition coefficient (Wildman–Crippen LogP) is 3.41. The number of carbonyl (C=O) groups is 1. The molecule has 0 aliphatic rings. The minimum absolute atomic E-state index is 0.237. The number of H-pyrrole nitrogens is 1. The molecule has 0 unspecified atom stereocenters. The Morgan fingerprint density at radius 3 is 2.50 bits per heavy atom. The Morgan fingerprint density at radius 2 is 1.91 bits per heavy atom. The summed E-state index contributed by atoms with van der Waals surface area (Å²) in [6.07, 6.45) is 1.98. The number of rotatable bonds is 2. The number of hydrogen-bond donors (Lipinski definition) is 1. The third-order valence-electron chi connectivity index (χ3n) is 3.59. The highest BCUT2D eigenvalue weighted by atomic mass is 16.5. The molecule has 0 saturated carbocycles. The third-order valence-corrected chi connectivity index (χ3v) is 3.59. The number of methoxy groups -OCH3 is 1. The number of aromatic amines is 1. The molecule has 2 aromatic heterocycles. The van der Waals surface area contributed by atoms with Crippen molar-refractivity contribution in [1.29, 1.82) is 0 Å². The van der Waals surface area contributed by atoms with Gasteiger partial charge in [0.2, 0.25) is 5.78 Å². The fraction of sp³-hybridized carbons (Fsp3) is 0.294. The maximum absolute atomic E-state index is 12.0. The van der Waals surface area contributed by atoms with Crippen LogP contribution in [0.1, 0.15) is 37.0 Å². The lowest BCUT2D eigenvalue weighted by Gasteiger charge is -2.18. The number of carbonyl (C=O) groups excluding carboxylic acids is 1. The van der Waals surface area contributed by atoms with E-state index in [1.54, 1.807) is 0 Å². The molecule has 0 radical (unpaired) electrons. The van der Waals surface area contributed by atoms with E-state index in [9.17, 15) is 4.79 Å². The van der Waals surface area contributed by atoms with Gasteiger partial charge in [-0.15, -0.1) is 0 Å². The standard InChI is InChI=1S/C17H19N3O2/c1-17(2,3)14-13(15(21)22-4)19-16-18-12(10-20(14)16)11-8-6-5-7-9-11/h5-10H,1-4H3,(H,18,19). The van der Waals surface area contributed by atoms with Gasteiger partial charge in [-0.3, -0.25) is 4.40 Å². The first-order chi connectivity index (χ1) is 10.4. The van der Waals surface area contributed by atoms with Gasteiger partial charge < -0.3 is 9.72 Å². The van der Waals surface area contributed by atoms with Crippen LogP contribution >= 0.6 is 0 Å². The first-order valence-electron chi connectivity index (χ1n) is 7.17. The molecule has 0 saturated heterocycles. The minimum atomic E-state index is -0.414. The van der Waals surface area contributed by atoms with Crippen molar-refractivity contribution in [3.8, 4) is 11.3 Å². The zero-order valence-corrected chi connectivity index (χ0v) is 13.2. The molecule has 0 aliphatic carbocycles. The lowest BCUT2D eigenvalue weighted by atomic mass is 9.90. The molecule has 0 aliphatic heterocycles. The average Bonchev–Trinajstić information content (AvgIpc) is 3.03. The van der Waals surface area contributed by atoms with Gasteiger partial charge in [-0.05, 0) is 5.56 Å². The van der Waals surface area contributed by atoms with E-state index < -0.39 is 5.97 Å². The molecular weight excluding hydrogens is 278 g/mol. The van der Waals surface area contributed by atoms with E-state index in [0.29, 0.717) is 11.5 Å². The average molecular weight is 297 g/mol. The number of fused-ring (bicyclic) bond motifs is 1. The van der Waals surface area contributed by atoms with Crippen LogP contribution in [0.2, 0.25) is 0 Å². The normalized spacial score (nSPS) is 11.8. The van der Waals surface area contributed by atoms with Crippen LogP contribution in [0, 0.1) is 0 Å². The SMILES string of the molecule is COC(=O)c1nc2[nH]c(-c3ccccc3)cn2c1C(C)(C)C. The van der Waals surface area contributed by atoms with E-state index in [-0.39, 0.29) is 5.41 Å². The van der Waals surface area contributed by atoms with Gasteiger partial charge in [-0.2, -0.15) is 0 Å². The largest absolute Gasteiger partial charge is 0.464 e. The summed E-state index contributed by atoms with van der Waals surface area (Å²) in [5.74, 6) is 0.229. The molecule has 114 valence electrons. The van der Waals surface area contributed by atoms with Gasteiger partial charge in [0.15, 0.2) is 5.69 Å². The molecule has 0 bridgehead atoms. The lowest BCUT2D eigenvalue weighted by molar-refractivity contribution is 0.0591. The third kappa shape index (κ3) is 2.28. The van der Waals surface area contributed by atoms with E-state index in [1.807, 2.05) is 40.9 Å². The van der Waals surface area contributed by atoms with Crippen molar-refractivity contribution >= 4 is 11.7 Å².